The van der Waals surface area contributed by atoms with Crippen molar-refractivity contribution >= 4 is 40.5 Å². The highest BCUT2D eigenvalue weighted by atomic mass is 35.5. The van der Waals surface area contributed by atoms with Crippen LogP contribution in [-0.2, 0) is 0 Å². The Bertz CT molecular complexity index is 599. The van der Waals surface area contributed by atoms with Gasteiger partial charge in [-0.15, -0.1) is 0 Å². The summed E-state index contributed by atoms with van der Waals surface area (Å²) in [5, 5.41) is 1.14. The standard InChI is InChI=1S/C13H10Cl3NO/c1-7-3-2-4-11(13(7)17)18-12-6-9(15)8(14)5-10(12)16/h2-6H,17H2,1H3. The molecule has 2 aromatic rings. The highest BCUT2D eigenvalue weighted by Crippen LogP contribution is 2.38. The van der Waals surface area contributed by atoms with Gasteiger partial charge in [-0.3, -0.25) is 0 Å². The van der Waals surface area contributed by atoms with Crippen LogP contribution in [0.25, 0.3) is 0 Å². The molecular formula is C13H10Cl3NO. The van der Waals surface area contributed by atoms with E-state index in [1.54, 1.807) is 12.1 Å². The van der Waals surface area contributed by atoms with E-state index in [1.165, 1.54) is 6.07 Å². The molecule has 18 heavy (non-hydrogen) atoms. The number of hydrogen-bond acceptors (Lipinski definition) is 2. The van der Waals surface area contributed by atoms with Crippen LogP contribution in [-0.4, -0.2) is 0 Å². The Balaban J connectivity index is 2.40. The fraction of sp³-hybridized carbons (Fsp3) is 0.0769. The number of hydrogen-bond donors (Lipinski definition) is 1. The molecule has 2 N–H and O–H groups in total. The predicted octanol–water partition coefficient (Wildman–Crippen LogP) is 5.33. The van der Waals surface area contributed by atoms with Crippen molar-refractivity contribution in [3.8, 4) is 11.5 Å². The van der Waals surface area contributed by atoms with Crippen molar-refractivity contribution in [1.82, 2.24) is 0 Å². The van der Waals surface area contributed by atoms with E-state index in [-0.39, 0.29) is 0 Å². The Morgan fingerprint density at radius 2 is 1.61 bits per heavy atom. The molecule has 2 nitrogen and oxygen atoms in total. The van der Waals surface area contributed by atoms with Crippen LogP contribution in [0.4, 0.5) is 5.69 Å². The first-order valence-electron chi connectivity index (χ1n) is 5.16. The molecule has 0 heterocycles. The normalized spacial score (nSPS) is 10.4. The average molecular weight is 303 g/mol. The molecule has 0 saturated heterocycles. The van der Waals surface area contributed by atoms with Crippen LogP contribution in [0.15, 0.2) is 30.3 Å². The Morgan fingerprint density at radius 1 is 0.944 bits per heavy atom. The number of aryl methyl sites for hydroxylation is 1. The third kappa shape index (κ3) is 2.66. The van der Waals surface area contributed by atoms with Crippen molar-refractivity contribution in [1.29, 1.82) is 0 Å². The van der Waals surface area contributed by atoms with Gasteiger partial charge in [-0.1, -0.05) is 46.9 Å². The first-order valence-corrected chi connectivity index (χ1v) is 6.30. The molecule has 0 fully saturated rings. The van der Waals surface area contributed by atoms with Gasteiger partial charge in [0, 0.05) is 6.07 Å². The molecule has 0 saturated carbocycles. The number of benzene rings is 2. The third-order valence-electron chi connectivity index (χ3n) is 2.48. The number of halogens is 3. The van der Waals surface area contributed by atoms with E-state index in [0.29, 0.717) is 32.3 Å². The van der Waals surface area contributed by atoms with Crippen LogP contribution in [0.3, 0.4) is 0 Å². The van der Waals surface area contributed by atoms with Gasteiger partial charge in [0.25, 0.3) is 0 Å². The molecule has 0 aliphatic carbocycles. The topological polar surface area (TPSA) is 35.2 Å². The van der Waals surface area contributed by atoms with E-state index in [9.17, 15) is 0 Å². The second-order valence-corrected chi connectivity index (χ2v) is 5.01. The molecule has 0 aromatic heterocycles. The van der Waals surface area contributed by atoms with Crippen LogP contribution in [0.5, 0.6) is 11.5 Å². The first kappa shape index (κ1) is 13.3. The van der Waals surface area contributed by atoms with Gasteiger partial charge in [-0.05, 0) is 24.6 Å². The molecule has 2 rings (SSSR count). The fourth-order valence-electron chi connectivity index (χ4n) is 1.44. The molecule has 0 aliphatic heterocycles. The molecular weight excluding hydrogens is 293 g/mol. The van der Waals surface area contributed by atoms with Gasteiger partial charge in [0.05, 0.1) is 20.8 Å². The van der Waals surface area contributed by atoms with E-state index in [2.05, 4.69) is 0 Å². The van der Waals surface area contributed by atoms with Crippen molar-refractivity contribution in [3.63, 3.8) is 0 Å². The summed E-state index contributed by atoms with van der Waals surface area (Å²) in [5.41, 5.74) is 7.42. The molecule has 0 bridgehead atoms. The SMILES string of the molecule is Cc1cccc(Oc2cc(Cl)c(Cl)cc2Cl)c1N. The Labute approximate surface area is 120 Å². The summed E-state index contributed by atoms with van der Waals surface area (Å²) in [4.78, 5) is 0. The zero-order valence-electron chi connectivity index (χ0n) is 9.51. The molecule has 0 unspecified atom stereocenters. The lowest BCUT2D eigenvalue weighted by Gasteiger charge is -2.12. The third-order valence-corrected chi connectivity index (χ3v) is 3.50. The maximum Gasteiger partial charge on any atom is 0.150 e. The number of nitrogens with two attached hydrogens (primary N) is 1. The Kier molecular flexibility index (Phi) is 3.91. The lowest BCUT2D eigenvalue weighted by molar-refractivity contribution is 0.485. The number of ether oxygens (including phenoxy) is 1. The molecule has 0 atom stereocenters. The lowest BCUT2D eigenvalue weighted by Crippen LogP contribution is -1.95. The first-order chi connectivity index (χ1) is 8.49. The molecule has 5 heteroatoms. The smallest absolute Gasteiger partial charge is 0.150 e. The fourth-order valence-corrected chi connectivity index (χ4v) is 2.02. The summed E-state index contributed by atoms with van der Waals surface area (Å²) in [6.45, 7) is 1.90. The van der Waals surface area contributed by atoms with Crippen molar-refractivity contribution < 1.29 is 4.74 Å². The van der Waals surface area contributed by atoms with Crippen LogP contribution < -0.4 is 10.5 Å². The molecule has 0 spiro atoms. The van der Waals surface area contributed by atoms with Crippen LogP contribution in [0, 0.1) is 6.92 Å². The minimum atomic E-state index is 0.377. The number of rotatable bonds is 2. The van der Waals surface area contributed by atoms with Gasteiger partial charge in [0.15, 0.2) is 5.75 Å². The molecule has 0 amide bonds. The Morgan fingerprint density at radius 3 is 2.33 bits per heavy atom. The summed E-state index contributed by atoms with van der Waals surface area (Å²) in [7, 11) is 0. The minimum Gasteiger partial charge on any atom is -0.454 e. The summed E-state index contributed by atoms with van der Waals surface area (Å²) in [6, 6.07) is 8.62. The molecule has 0 radical (unpaired) electrons. The largest absolute Gasteiger partial charge is 0.454 e. The van der Waals surface area contributed by atoms with Gasteiger partial charge in [-0.2, -0.15) is 0 Å². The summed E-state index contributed by atoms with van der Waals surface area (Å²) in [5.74, 6) is 0.957. The second kappa shape index (κ2) is 5.27. The average Bonchev–Trinajstić information content (AvgIpc) is 2.32. The summed E-state index contributed by atoms with van der Waals surface area (Å²) in [6.07, 6.45) is 0. The van der Waals surface area contributed by atoms with Crippen molar-refractivity contribution in [2.45, 2.75) is 6.92 Å². The van der Waals surface area contributed by atoms with Gasteiger partial charge < -0.3 is 10.5 Å². The molecule has 2 aromatic carbocycles. The summed E-state index contributed by atoms with van der Waals surface area (Å²) >= 11 is 17.8. The van der Waals surface area contributed by atoms with Gasteiger partial charge >= 0.3 is 0 Å². The highest BCUT2D eigenvalue weighted by molar-refractivity contribution is 6.43. The van der Waals surface area contributed by atoms with Crippen molar-refractivity contribution in [3.05, 3.63) is 51.0 Å². The Hall–Kier alpha value is -1.09. The maximum atomic E-state index is 6.03. The molecule has 0 aliphatic rings. The monoisotopic (exact) mass is 301 g/mol. The van der Waals surface area contributed by atoms with Crippen LogP contribution in [0.1, 0.15) is 5.56 Å². The van der Waals surface area contributed by atoms with E-state index in [1.807, 2.05) is 19.1 Å². The zero-order valence-corrected chi connectivity index (χ0v) is 11.8. The number of nitrogen functional groups attached to an aromatic ring is 1. The quantitative estimate of drug-likeness (QED) is 0.601. The maximum absolute atomic E-state index is 6.03. The summed E-state index contributed by atoms with van der Waals surface area (Å²) < 4.78 is 5.66. The lowest BCUT2D eigenvalue weighted by atomic mass is 10.2. The van der Waals surface area contributed by atoms with Gasteiger partial charge in [-0.25, -0.2) is 0 Å². The molecule has 94 valence electrons. The van der Waals surface area contributed by atoms with Crippen molar-refractivity contribution in [2.24, 2.45) is 0 Å². The zero-order chi connectivity index (χ0) is 13.3. The van der Waals surface area contributed by atoms with Crippen LogP contribution >= 0.6 is 34.8 Å². The van der Waals surface area contributed by atoms with Crippen molar-refractivity contribution in [2.75, 3.05) is 5.73 Å². The number of anilines is 1. The van der Waals surface area contributed by atoms with Gasteiger partial charge in [0.2, 0.25) is 0 Å². The van der Waals surface area contributed by atoms with Crippen LogP contribution in [0.2, 0.25) is 15.1 Å². The van der Waals surface area contributed by atoms with Gasteiger partial charge in [0.1, 0.15) is 5.75 Å². The highest BCUT2D eigenvalue weighted by Gasteiger charge is 2.10. The van der Waals surface area contributed by atoms with E-state index >= 15 is 0 Å². The van der Waals surface area contributed by atoms with E-state index in [4.69, 9.17) is 45.3 Å². The second-order valence-electron chi connectivity index (χ2n) is 3.79. The predicted molar refractivity (Wildman–Crippen MR) is 77.1 cm³/mol. The van der Waals surface area contributed by atoms with E-state index in [0.717, 1.165) is 5.56 Å². The number of para-hydroxylation sites is 1. The minimum absolute atomic E-state index is 0.377. The van der Waals surface area contributed by atoms with E-state index < -0.39 is 0 Å².